The number of rotatable bonds is 6. The van der Waals surface area contributed by atoms with Gasteiger partial charge < -0.3 is 16.4 Å². The molecule has 0 bridgehead atoms. The predicted octanol–water partition coefficient (Wildman–Crippen LogP) is 0.761. The minimum atomic E-state index is -0.623. The van der Waals surface area contributed by atoms with Gasteiger partial charge in [-0.25, -0.2) is 0 Å². The van der Waals surface area contributed by atoms with Gasteiger partial charge in [-0.3, -0.25) is 9.59 Å². The average molecular weight is 312 g/mol. The molecule has 116 valence electrons. The van der Waals surface area contributed by atoms with E-state index in [1.807, 2.05) is 30.3 Å². The lowest BCUT2D eigenvalue weighted by atomic mass is 10.0. The fourth-order valence-corrected chi connectivity index (χ4v) is 1.89. The van der Waals surface area contributed by atoms with E-state index in [1.54, 1.807) is 6.92 Å². The molecule has 1 unspecified atom stereocenters. The van der Waals surface area contributed by atoms with Gasteiger partial charge in [0.2, 0.25) is 11.8 Å². The summed E-state index contributed by atoms with van der Waals surface area (Å²) in [7, 11) is 0. The summed E-state index contributed by atoms with van der Waals surface area (Å²) < 4.78 is 0. The number of nitrogens with one attached hydrogen (secondary N) is 2. The van der Waals surface area contributed by atoms with Gasteiger partial charge in [-0.05, 0) is 25.3 Å². The van der Waals surface area contributed by atoms with Crippen molar-refractivity contribution in [1.29, 1.82) is 0 Å². The van der Waals surface area contributed by atoms with Gasteiger partial charge in [0.05, 0.1) is 6.04 Å². The average Bonchev–Trinajstić information content (AvgIpc) is 3.22. The highest BCUT2D eigenvalue weighted by molar-refractivity contribution is 5.90. The highest BCUT2D eigenvalue weighted by atomic mass is 35.5. The normalized spacial score (nSPS) is 16.3. The van der Waals surface area contributed by atoms with Crippen molar-refractivity contribution < 1.29 is 9.59 Å². The fraction of sp³-hybridized carbons (Fsp3) is 0.467. The van der Waals surface area contributed by atoms with Crippen LogP contribution in [0.25, 0.3) is 0 Å². The predicted molar refractivity (Wildman–Crippen MR) is 84.1 cm³/mol. The van der Waals surface area contributed by atoms with Gasteiger partial charge in [-0.2, -0.15) is 0 Å². The van der Waals surface area contributed by atoms with Crippen LogP contribution in [0.15, 0.2) is 30.3 Å². The Morgan fingerprint density at radius 3 is 2.38 bits per heavy atom. The third kappa shape index (κ3) is 5.73. The third-order valence-electron chi connectivity index (χ3n) is 3.25. The molecule has 2 amide bonds. The van der Waals surface area contributed by atoms with Crippen LogP contribution in [0.1, 0.15) is 25.3 Å². The quantitative estimate of drug-likeness (QED) is 0.725. The monoisotopic (exact) mass is 311 g/mol. The zero-order valence-electron chi connectivity index (χ0n) is 12.0. The van der Waals surface area contributed by atoms with Crippen LogP contribution in [0, 0.1) is 0 Å². The van der Waals surface area contributed by atoms with Crippen LogP contribution < -0.4 is 16.4 Å². The summed E-state index contributed by atoms with van der Waals surface area (Å²) in [4.78, 5) is 23.9. The van der Waals surface area contributed by atoms with E-state index in [2.05, 4.69) is 10.6 Å². The molecule has 1 aliphatic carbocycles. The van der Waals surface area contributed by atoms with Crippen LogP contribution in [0.3, 0.4) is 0 Å². The largest absolute Gasteiger partial charge is 0.352 e. The van der Waals surface area contributed by atoms with Gasteiger partial charge in [0, 0.05) is 12.5 Å². The molecule has 0 radical (unpaired) electrons. The molecule has 5 nitrogen and oxygen atoms in total. The van der Waals surface area contributed by atoms with Crippen molar-refractivity contribution in [3.63, 3.8) is 0 Å². The van der Waals surface area contributed by atoms with Crippen molar-refractivity contribution in [2.75, 3.05) is 0 Å². The van der Waals surface area contributed by atoms with Gasteiger partial charge in [0.1, 0.15) is 6.04 Å². The van der Waals surface area contributed by atoms with Gasteiger partial charge in [0.15, 0.2) is 0 Å². The second-order valence-electron chi connectivity index (χ2n) is 5.32. The Bertz CT molecular complexity index is 475. The van der Waals surface area contributed by atoms with Crippen LogP contribution in [0.2, 0.25) is 0 Å². The van der Waals surface area contributed by atoms with Crippen molar-refractivity contribution in [3.05, 3.63) is 35.9 Å². The van der Waals surface area contributed by atoms with E-state index in [9.17, 15) is 9.59 Å². The van der Waals surface area contributed by atoms with Gasteiger partial charge in [-0.1, -0.05) is 30.3 Å². The summed E-state index contributed by atoms with van der Waals surface area (Å²) in [5.74, 6) is -0.442. The molecule has 1 fully saturated rings. The molecule has 0 aromatic heterocycles. The van der Waals surface area contributed by atoms with Crippen molar-refractivity contribution >= 4 is 24.2 Å². The molecule has 6 heteroatoms. The lowest BCUT2D eigenvalue weighted by Crippen LogP contribution is -2.52. The van der Waals surface area contributed by atoms with E-state index >= 15 is 0 Å². The van der Waals surface area contributed by atoms with E-state index in [1.165, 1.54) is 0 Å². The lowest BCUT2D eigenvalue weighted by Gasteiger charge is -2.19. The molecular weight excluding hydrogens is 290 g/mol. The van der Waals surface area contributed by atoms with Crippen LogP contribution in [0.5, 0.6) is 0 Å². The van der Waals surface area contributed by atoms with Crippen LogP contribution in [-0.2, 0) is 16.0 Å². The maximum Gasteiger partial charge on any atom is 0.243 e. The number of hydrogen-bond acceptors (Lipinski definition) is 3. The minimum absolute atomic E-state index is 0. The maximum absolute atomic E-state index is 12.2. The van der Waals surface area contributed by atoms with E-state index in [0.717, 1.165) is 18.4 Å². The number of amides is 2. The second-order valence-corrected chi connectivity index (χ2v) is 5.32. The first-order chi connectivity index (χ1) is 9.56. The number of nitrogens with two attached hydrogens (primary N) is 1. The number of hydrogen-bond donors (Lipinski definition) is 3. The first kappa shape index (κ1) is 17.5. The smallest absolute Gasteiger partial charge is 0.243 e. The Hall–Kier alpha value is -1.59. The molecule has 1 saturated carbocycles. The standard InChI is InChI=1S/C15H21N3O2.ClH/c1-10(16)14(19)18-13(15(20)17-12-7-8-12)9-11-5-3-2-4-6-11;/h2-6,10,12-13H,7-9,16H2,1H3,(H,17,20)(H,18,19);1H/t10-,13?;/m1./s1. The lowest BCUT2D eigenvalue weighted by molar-refractivity contribution is -0.129. The van der Waals surface area contributed by atoms with Crippen LogP contribution in [-0.4, -0.2) is 29.9 Å². The molecule has 1 aromatic rings. The molecule has 4 N–H and O–H groups in total. The Labute approximate surface area is 131 Å². The van der Waals surface area contributed by atoms with Crippen molar-refractivity contribution in [3.8, 4) is 0 Å². The summed E-state index contributed by atoms with van der Waals surface area (Å²) in [6.07, 6.45) is 2.51. The molecule has 0 heterocycles. The highest BCUT2D eigenvalue weighted by Gasteiger charge is 2.28. The van der Waals surface area contributed by atoms with Crippen LogP contribution in [0.4, 0.5) is 0 Å². The molecular formula is C15H22ClN3O2. The Kier molecular flexibility index (Phi) is 6.65. The molecule has 1 aromatic carbocycles. The van der Waals surface area contributed by atoms with Gasteiger partial charge >= 0.3 is 0 Å². The highest BCUT2D eigenvalue weighted by Crippen LogP contribution is 2.19. The molecule has 0 saturated heterocycles. The molecule has 2 atom stereocenters. The fourth-order valence-electron chi connectivity index (χ4n) is 1.89. The topological polar surface area (TPSA) is 84.2 Å². The summed E-state index contributed by atoms with van der Waals surface area (Å²) in [6.45, 7) is 1.60. The zero-order chi connectivity index (χ0) is 14.5. The van der Waals surface area contributed by atoms with Crippen molar-refractivity contribution in [1.82, 2.24) is 10.6 Å². The minimum Gasteiger partial charge on any atom is -0.352 e. The SMILES string of the molecule is C[C@@H](N)C(=O)NC(Cc1ccccc1)C(=O)NC1CC1.Cl. The van der Waals surface area contributed by atoms with E-state index in [0.29, 0.717) is 6.42 Å². The van der Waals surface area contributed by atoms with Crippen molar-refractivity contribution in [2.24, 2.45) is 5.73 Å². The summed E-state index contributed by atoms with van der Waals surface area (Å²) in [5.41, 5.74) is 6.56. The molecule has 0 spiro atoms. The Balaban J connectivity index is 0.00000220. The first-order valence-electron chi connectivity index (χ1n) is 6.96. The van der Waals surface area contributed by atoms with E-state index < -0.39 is 12.1 Å². The first-order valence-corrected chi connectivity index (χ1v) is 6.96. The van der Waals surface area contributed by atoms with E-state index in [4.69, 9.17) is 5.73 Å². The maximum atomic E-state index is 12.2. The molecule has 2 rings (SSSR count). The summed E-state index contributed by atoms with van der Waals surface area (Å²) in [6, 6.07) is 8.71. The Morgan fingerprint density at radius 2 is 1.86 bits per heavy atom. The number of carbonyl (C=O) groups is 2. The molecule has 1 aliphatic rings. The number of benzene rings is 1. The number of carbonyl (C=O) groups excluding carboxylic acids is 2. The zero-order valence-corrected chi connectivity index (χ0v) is 12.9. The van der Waals surface area contributed by atoms with Gasteiger partial charge in [0.25, 0.3) is 0 Å². The third-order valence-corrected chi connectivity index (χ3v) is 3.25. The second kappa shape index (κ2) is 8.00. The molecule has 21 heavy (non-hydrogen) atoms. The summed E-state index contributed by atoms with van der Waals surface area (Å²) >= 11 is 0. The molecule has 0 aliphatic heterocycles. The Morgan fingerprint density at radius 1 is 1.24 bits per heavy atom. The summed E-state index contributed by atoms with van der Waals surface area (Å²) in [5, 5.41) is 5.65. The van der Waals surface area contributed by atoms with Crippen LogP contribution >= 0.6 is 12.4 Å². The van der Waals surface area contributed by atoms with Gasteiger partial charge in [-0.15, -0.1) is 12.4 Å². The van der Waals surface area contributed by atoms with Crippen molar-refractivity contribution in [2.45, 2.75) is 44.3 Å². The van der Waals surface area contributed by atoms with E-state index in [-0.39, 0.29) is 30.3 Å². The number of halogens is 1.